The van der Waals surface area contributed by atoms with Crippen molar-refractivity contribution in [3.8, 4) is 5.75 Å². The molecule has 0 fully saturated rings. The van der Waals surface area contributed by atoms with Crippen LogP contribution in [-0.4, -0.2) is 13.3 Å². The summed E-state index contributed by atoms with van der Waals surface area (Å²) < 4.78 is 29.4. The van der Waals surface area contributed by atoms with Gasteiger partial charge in [-0.3, -0.25) is 10.1 Å². The summed E-state index contributed by atoms with van der Waals surface area (Å²) in [5.41, 5.74) is 1.26. The Kier molecular flexibility index (Phi) is 3.95. The highest BCUT2D eigenvalue weighted by molar-refractivity contribution is 7.87. The Balaban J connectivity index is 2.37. The van der Waals surface area contributed by atoms with Crippen LogP contribution in [0.25, 0.3) is 0 Å². The van der Waals surface area contributed by atoms with Gasteiger partial charge in [0.2, 0.25) is 0 Å². The molecule has 0 aliphatic heterocycles. The number of rotatable bonds is 4. The number of aryl methyl sites for hydroxylation is 2. The maximum atomic E-state index is 12.2. The molecule has 2 aromatic rings. The largest absolute Gasteiger partial charge is 0.379 e. The summed E-state index contributed by atoms with van der Waals surface area (Å²) in [6.07, 6.45) is 0. The summed E-state index contributed by atoms with van der Waals surface area (Å²) >= 11 is 0. The number of hydrogen-bond donors (Lipinski definition) is 0. The molecule has 2 rings (SSSR count). The fraction of sp³-hybridized carbons (Fsp3) is 0.143. The Morgan fingerprint density at radius 3 is 2.43 bits per heavy atom. The van der Waals surface area contributed by atoms with Crippen molar-refractivity contribution in [1.82, 2.24) is 0 Å². The maximum absolute atomic E-state index is 12.2. The Morgan fingerprint density at radius 2 is 1.81 bits per heavy atom. The van der Waals surface area contributed by atoms with Crippen molar-refractivity contribution >= 4 is 15.8 Å². The van der Waals surface area contributed by atoms with Gasteiger partial charge >= 0.3 is 10.1 Å². The van der Waals surface area contributed by atoms with Gasteiger partial charge in [-0.25, -0.2) is 0 Å². The Hall–Kier alpha value is -2.41. The molecule has 0 atom stereocenters. The molecule has 0 amide bonds. The van der Waals surface area contributed by atoms with Crippen molar-refractivity contribution in [2.24, 2.45) is 0 Å². The molecule has 7 heteroatoms. The van der Waals surface area contributed by atoms with E-state index in [1.165, 1.54) is 24.3 Å². The van der Waals surface area contributed by atoms with Crippen LogP contribution in [0, 0.1) is 24.0 Å². The standard InChI is InChI=1S/C14H13NO5S/c1-10-6-7-14(11(2)8-10)21(18,19)20-13-5-3-4-12(9-13)15(16)17/h3-9H,1-2H3. The van der Waals surface area contributed by atoms with Crippen LogP contribution in [0.1, 0.15) is 11.1 Å². The number of nitro groups is 1. The highest BCUT2D eigenvalue weighted by atomic mass is 32.2. The van der Waals surface area contributed by atoms with Gasteiger partial charge in [-0.2, -0.15) is 8.42 Å². The van der Waals surface area contributed by atoms with Crippen LogP contribution < -0.4 is 4.18 Å². The third-order valence-corrected chi connectivity index (χ3v) is 4.24. The molecule has 21 heavy (non-hydrogen) atoms. The van der Waals surface area contributed by atoms with E-state index in [0.717, 1.165) is 11.6 Å². The Morgan fingerprint density at radius 1 is 1.10 bits per heavy atom. The zero-order valence-corrected chi connectivity index (χ0v) is 12.3. The molecule has 0 saturated carbocycles. The molecule has 6 nitrogen and oxygen atoms in total. The number of nitrogens with zero attached hydrogens (tertiary/aromatic N) is 1. The SMILES string of the molecule is Cc1ccc(S(=O)(=O)Oc2cccc([N+](=O)[O-])c2)c(C)c1. The highest BCUT2D eigenvalue weighted by Crippen LogP contribution is 2.24. The molecule has 110 valence electrons. The molecule has 0 aromatic heterocycles. The fourth-order valence-corrected chi connectivity index (χ4v) is 3.04. The van der Waals surface area contributed by atoms with Crippen LogP contribution >= 0.6 is 0 Å². The first-order chi connectivity index (χ1) is 9.79. The number of hydrogen-bond acceptors (Lipinski definition) is 5. The summed E-state index contributed by atoms with van der Waals surface area (Å²) in [6, 6.07) is 9.90. The average molecular weight is 307 g/mol. The molecule has 0 aliphatic carbocycles. The van der Waals surface area contributed by atoms with E-state index < -0.39 is 15.0 Å². The van der Waals surface area contributed by atoms with Crippen molar-refractivity contribution in [3.05, 3.63) is 63.7 Å². The lowest BCUT2D eigenvalue weighted by Gasteiger charge is -2.09. The van der Waals surface area contributed by atoms with Gasteiger partial charge in [0.1, 0.15) is 10.6 Å². The Bertz CT molecular complexity index is 799. The monoisotopic (exact) mass is 307 g/mol. The van der Waals surface area contributed by atoms with Gasteiger partial charge < -0.3 is 4.18 Å². The molecule has 0 aliphatic rings. The van der Waals surface area contributed by atoms with E-state index in [1.54, 1.807) is 19.1 Å². The molecular weight excluding hydrogens is 294 g/mol. The van der Waals surface area contributed by atoms with Crippen LogP contribution in [0.5, 0.6) is 5.75 Å². The molecule has 0 spiro atoms. The van der Waals surface area contributed by atoms with Crippen molar-refractivity contribution in [1.29, 1.82) is 0 Å². The van der Waals surface area contributed by atoms with Crippen LogP contribution in [0.4, 0.5) is 5.69 Å². The van der Waals surface area contributed by atoms with Crippen LogP contribution in [-0.2, 0) is 10.1 Å². The quantitative estimate of drug-likeness (QED) is 0.492. The lowest BCUT2D eigenvalue weighted by molar-refractivity contribution is -0.384. The van der Waals surface area contributed by atoms with E-state index in [2.05, 4.69) is 0 Å². The van der Waals surface area contributed by atoms with Crippen LogP contribution in [0.15, 0.2) is 47.4 Å². The van der Waals surface area contributed by atoms with Gasteiger partial charge in [0.25, 0.3) is 5.69 Å². The predicted molar refractivity (Wildman–Crippen MR) is 76.8 cm³/mol. The summed E-state index contributed by atoms with van der Waals surface area (Å²) in [7, 11) is -4.03. The molecule has 0 bridgehead atoms. The third-order valence-electron chi connectivity index (χ3n) is 2.83. The number of nitro benzene ring substituents is 1. The van der Waals surface area contributed by atoms with Gasteiger partial charge in [-0.15, -0.1) is 0 Å². The van der Waals surface area contributed by atoms with Crippen molar-refractivity contribution in [3.63, 3.8) is 0 Å². The minimum absolute atomic E-state index is 0.0413. The van der Waals surface area contributed by atoms with E-state index in [1.807, 2.05) is 6.92 Å². The fourth-order valence-electron chi connectivity index (χ4n) is 1.90. The highest BCUT2D eigenvalue weighted by Gasteiger charge is 2.20. The van der Waals surface area contributed by atoms with E-state index >= 15 is 0 Å². The predicted octanol–water partition coefficient (Wildman–Crippen LogP) is 2.98. The Labute approximate surface area is 122 Å². The minimum atomic E-state index is -4.03. The van der Waals surface area contributed by atoms with Crippen molar-refractivity contribution in [2.75, 3.05) is 0 Å². The van der Waals surface area contributed by atoms with Crippen LogP contribution in [0.3, 0.4) is 0 Å². The topological polar surface area (TPSA) is 86.5 Å². The summed E-state index contributed by atoms with van der Waals surface area (Å²) in [5, 5.41) is 10.7. The lowest BCUT2D eigenvalue weighted by Crippen LogP contribution is -2.11. The summed E-state index contributed by atoms with van der Waals surface area (Å²) in [5.74, 6) is -0.0934. The normalized spacial score (nSPS) is 11.1. The molecule has 0 unspecified atom stereocenters. The smallest absolute Gasteiger partial charge is 0.339 e. The second kappa shape index (κ2) is 5.53. The molecular formula is C14H13NO5S. The lowest BCUT2D eigenvalue weighted by atomic mass is 10.2. The van der Waals surface area contributed by atoms with Gasteiger partial charge in [0.15, 0.2) is 0 Å². The van der Waals surface area contributed by atoms with Crippen molar-refractivity contribution < 1.29 is 17.5 Å². The van der Waals surface area contributed by atoms with Gasteiger partial charge in [-0.1, -0.05) is 23.8 Å². The van der Waals surface area contributed by atoms with E-state index in [0.29, 0.717) is 5.56 Å². The molecule has 0 radical (unpaired) electrons. The zero-order chi connectivity index (χ0) is 15.6. The third kappa shape index (κ3) is 3.38. The average Bonchev–Trinajstić information content (AvgIpc) is 2.37. The molecule has 2 aromatic carbocycles. The zero-order valence-electron chi connectivity index (χ0n) is 11.4. The van der Waals surface area contributed by atoms with Gasteiger partial charge in [0.05, 0.1) is 11.0 Å². The van der Waals surface area contributed by atoms with E-state index in [-0.39, 0.29) is 16.3 Å². The number of non-ortho nitro benzene ring substituents is 1. The molecule has 0 N–H and O–H groups in total. The maximum Gasteiger partial charge on any atom is 0.339 e. The first-order valence-corrected chi connectivity index (χ1v) is 7.46. The van der Waals surface area contributed by atoms with E-state index in [9.17, 15) is 18.5 Å². The minimum Gasteiger partial charge on any atom is -0.379 e. The van der Waals surface area contributed by atoms with Gasteiger partial charge in [-0.05, 0) is 31.5 Å². The summed E-state index contributed by atoms with van der Waals surface area (Å²) in [4.78, 5) is 10.1. The molecule has 0 saturated heterocycles. The van der Waals surface area contributed by atoms with Crippen molar-refractivity contribution in [2.45, 2.75) is 18.7 Å². The summed E-state index contributed by atoms with van der Waals surface area (Å²) in [6.45, 7) is 3.52. The van der Waals surface area contributed by atoms with Crippen LogP contribution in [0.2, 0.25) is 0 Å². The first-order valence-electron chi connectivity index (χ1n) is 6.06. The molecule has 0 heterocycles. The number of benzene rings is 2. The second-order valence-corrected chi connectivity index (χ2v) is 6.08. The second-order valence-electron chi connectivity index (χ2n) is 4.56. The first kappa shape index (κ1) is 15.0. The van der Waals surface area contributed by atoms with Gasteiger partial charge in [0, 0.05) is 6.07 Å². The van der Waals surface area contributed by atoms with E-state index in [4.69, 9.17) is 4.18 Å².